The fraction of sp³-hybridized carbons (Fsp3) is 0.407. The molecule has 5 rings (SSSR count). The average molecular weight is 539 g/mol. The number of aromatic nitrogens is 1. The summed E-state index contributed by atoms with van der Waals surface area (Å²) in [5.41, 5.74) is 1.26. The van der Waals surface area contributed by atoms with E-state index in [9.17, 15) is 22.8 Å². The van der Waals surface area contributed by atoms with Gasteiger partial charge in [-0.2, -0.15) is 4.31 Å². The summed E-state index contributed by atoms with van der Waals surface area (Å²) in [4.78, 5) is 45.4. The number of sulfonamides is 1. The first-order valence-corrected chi connectivity index (χ1v) is 14.1. The number of benzene rings is 1. The first-order chi connectivity index (χ1) is 18.1. The number of hydrogen-bond acceptors (Lipinski definition) is 7. The number of hydrogen-bond donors (Lipinski definition) is 1. The van der Waals surface area contributed by atoms with E-state index in [-0.39, 0.29) is 35.4 Å². The number of nitrogens with zero attached hydrogens (tertiary/aromatic N) is 3. The van der Waals surface area contributed by atoms with Crippen LogP contribution in [0.25, 0.3) is 11.0 Å². The fourth-order valence-electron chi connectivity index (χ4n) is 5.48. The lowest BCUT2D eigenvalue weighted by molar-refractivity contribution is -0.138. The Morgan fingerprint density at radius 1 is 1.18 bits per heavy atom. The summed E-state index contributed by atoms with van der Waals surface area (Å²) in [6, 6.07) is 7.82. The molecule has 2 saturated heterocycles. The normalized spacial score (nSPS) is 20.7. The molecule has 0 aliphatic carbocycles. The van der Waals surface area contributed by atoms with Crippen LogP contribution < -0.4 is 5.32 Å². The highest BCUT2D eigenvalue weighted by molar-refractivity contribution is 7.89. The van der Waals surface area contributed by atoms with Crippen LogP contribution in [-0.2, 0) is 19.6 Å². The molecule has 4 heterocycles. The Balaban J connectivity index is 1.38. The average Bonchev–Trinajstić information content (AvgIpc) is 3.57. The summed E-state index contributed by atoms with van der Waals surface area (Å²) < 4.78 is 33.5. The largest absolute Gasteiger partial charge is 0.451 e. The van der Waals surface area contributed by atoms with Gasteiger partial charge in [-0.15, -0.1) is 0 Å². The standard InChI is InChI=1S/C27H30N4O6S/c1-16(2)13-20(29-26(33)25-17(3)19-8-4-5-9-23(19)37-25)27(34)30-12-10-21-24(30)22(32)15-31(21)38(35,36)18-7-6-11-28-14-18/h4-9,11,14,16,20-21,24H,10,12-13,15H2,1-3H3,(H,29,33). The molecule has 2 aliphatic heterocycles. The van der Waals surface area contributed by atoms with E-state index >= 15 is 0 Å². The van der Waals surface area contributed by atoms with Crippen LogP contribution in [0.2, 0.25) is 0 Å². The van der Waals surface area contributed by atoms with Crippen molar-refractivity contribution in [3.63, 3.8) is 0 Å². The summed E-state index contributed by atoms with van der Waals surface area (Å²) in [7, 11) is -3.96. The van der Waals surface area contributed by atoms with E-state index in [0.717, 1.165) is 5.39 Å². The number of Topliss-reactive ketones (excluding diaryl/α,β-unsaturated/α-hetero) is 1. The number of carbonyl (C=O) groups excluding carboxylic acids is 3. The van der Waals surface area contributed by atoms with E-state index in [2.05, 4.69) is 10.3 Å². The third kappa shape index (κ3) is 4.49. The van der Waals surface area contributed by atoms with Crippen LogP contribution in [0.3, 0.4) is 0 Å². The molecule has 1 aromatic carbocycles. The third-order valence-corrected chi connectivity index (χ3v) is 9.12. The van der Waals surface area contributed by atoms with E-state index in [1.807, 2.05) is 32.0 Å². The molecule has 2 fully saturated rings. The Morgan fingerprint density at radius 3 is 2.63 bits per heavy atom. The highest BCUT2D eigenvalue weighted by atomic mass is 32.2. The van der Waals surface area contributed by atoms with Gasteiger partial charge < -0.3 is 14.6 Å². The molecule has 2 aliphatic rings. The monoisotopic (exact) mass is 538 g/mol. The Kier molecular flexibility index (Phi) is 6.83. The molecule has 3 unspecified atom stereocenters. The number of ketones is 1. The zero-order valence-corrected chi connectivity index (χ0v) is 22.3. The molecule has 3 atom stereocenters. The number of fused-ring (bicyclic) bond motifs is 2. The predicted octanol–water partition coefficient (Wildman–Crippen LogP) is 2.52. The van der Waals surface area contributed by atoms with Crippen LogP contribution in [0.15, 0.2) is 58.1 Å². The van der Waals surface area contributed by atoms with Gasteiger partial charge in [0, 0.05) is 29.9 Å². The van der Waals surface area contributed by atoms with Crippen molar-refractivity contribution in [3.05, 3.63) is 60.1 Å². The van der Waals surface area contributed by atoms with Gasteiger partial charge in [0.1, 0.15) is 22.6 Å². The number of rotatable bonds is 7. The molecule has 10 nitrogen and oxygen atoms in total. The van der Waals surface area contributed by atoms with Crippen LogP contribution in [-0.4, -0.2) is 71.4 Å². The van der Waals surface area contributed by atoms with Gasteiger partial charge in [0.25, 0.3) is 5.91 Å². The molecule has 3 aromatic rings. The molecule has 0 spiro atoms. The number of aryl methyl sites for hydroxylation is 1. The summed E-state index contributed by atoms with van der Waals surface area (Å²) in [6.45, 7) is 5.57. The van der Waals surface area contributed by atoms with Gasteiger partial charge in [-0.25, -0.2) is 8.42 Å². The lowest BCUT2D eigenvalue weighted by atomic mass is 10.0. The Hall–Kier alpha value is -3.57. The van der Waals surface area contributed by atoms with Gasteiger partial charge in [-0.1, -0.05) is 32.0 Å². The number of furan rings is 1. The lowest BCUT2D eigenvalue weighted by Gasteiger charge is -2.29. The molecule has 0 saturated carbocycles. The maximum atomic E-state index is 13.8. The lowest BCUT2D eigenvalue weighted by Crippen LogP contribution is -2.53. The van der Waals surface area contributed by atoms with Crippen molar-refractivity contribution in [3.8, 4) is 0 Å². The second kappa shape index (κ2) is 9.95. The van der Waals surface area contributed by atoms with Crippen molar-refractivity contribution in [2.75, 3.05) is 13.1 Å². The first kappa shape index (κ1) is 26.1. The van der Waals surface area contributed by atoms with Crippen molar-refractivity contribution in [2.45, 2.75) is 56.6 Å². The van der Waals surface area contributed by atoms with Crippen molar-refractivity contribution in [2.24, 2.45) is 5.92 Å². The van der Waals surface area contributed by atoms with Crippen LogP contribution in [0, 0.1) is 12.8 Å². The summed E-state index contributed by atoms with van der Waals surface area (Å²) in [6.07, 6.45) is 3.40. The van der Waals surface area contributed by atoms with Gasteiger partial charge in [-0.05, 0) is 43.9 Å². The number of para-hydroxylation sites is 1. The van der Waals surface area contributed by atoms with Crippen molar-refractivity contribution in [1.82, 2.24) is 19.5 Å². The summed E-state index contributed by atoms with van der Waals surface area (Å²) in [5.74, 6) is -1.04. The Labute approximate surface area is 221 Å². The molecule has 0 radical (unpaired) electrons. The van der Waals surface area contributed by atoms with E-state index in [0.29, 0.717) is 24.0 Å². The smallest absolute Gasteiger partial charge is 0.287 e. The molecule has 1 N–H and O–H groups in total. The SMILES string of the molecule is Cc1c(C(=O)NC(CC(C)C)C(=O)N2CCC3C2C(=O)CN3S(=O)(=O)c2cccnc2)oc2ccccc12. The second-order valence-corrected chi connectivity index (χ2v) is 12.1. The topological polar surface area (TPSA) is 130 Å². The number of likely N-dealkylation sites (tertiary alicyclic amines) is 1. The van der Waals surface area contributed by atoms with E-state index in [1.165, 1.54) is 33.7 Å². The van der Waals surface area contributed by atoms with Gasteiger partial charge >= 0.3 is 0 Å². The summed E-state index contributed by atoms with van der Waals surface area (Å²) >= 11 is 0. The minimum Gasteiger partial charge on any atom is -0.451 e. The van der Waals surface area contributed by atoms with E-state index in [1.54, 1.807) is 13.0 Å². The fourth-order valence-corrected chi connectivity index (χ4v) is 7.07. The highest BCUT2D eigenvalue weighted by Gasteiger charge is 2.54. The summed E-state index contributed by atoms with van der Waals surface area (Å²) in [5, 5.41) is 3.65. The molecule has 0 bridgehead atoms. The molecule has 200 valence electrons. The van der Waals surface area contributed by atoms with E-state index in [4.69, 9.17) is 4.42 Å². The van der Waals surface area contributed by atoms with Gasteiger partial charge in [0.2, 0.25) is 15.9 Å². The predicted molar refractivity (Wildman–Crippen MR) is 139 cm³/mol. The molecule has 38 heavy (non-hydrogen) atoms. The number of pyridine rings is 1. The van der Waals surface area contributed by atoms with Gasteiger partial charge in [0.15, 0.2) is 11.5 Å². The Morgan fingerprint density at radius 2 is 1.95 bits per heavy atom. The second-order valence-electron chi connectivity index (χ2n) is 10.2. The van der Waals surface area contributed by atoms with Crippen molar-refractivity contribution >= 4 is 38.6 Å². The number of nitrogens with one attached hydrogen (secondary N) is 1. The number of amides is 2. The highest BCUT2D eigenvalue weighted by Crippen LogP contribution is 2.34. The molecule has 2 amide bonds. The third-order valence-electron chi connectivity index (χ3n) is 7.26. The van der Waals surface area contributed by atoms with Crippen molar-refractivity contribution in [1.29, 1.82) is 0 Å². The van der Waals surface area contributed by atoms with E-state index < -0.39 is 40.0 Å². The molecular formula is C27H30N4O6S. The quantitative estimate of drug-likeness (QED) is 0.489. The zero-order valence-electron chi connectivity index (χ0n) is 21.5. The van der Waals surface area contributed by atoms with Crippen LogP contribution in [0.5, 0.6) is 0 Å². The molecular weight excluding hydrogens is 508 g/mol. The number of carbonyl (C=O) groups is 3. The van der Waals surface area contributed by atoms with Crippen LogP contribution in [0.4, 0.5) is 0 Å². The minimum absolute atomic E-state index is 0.00405. The Bertz CT molecular complexity index is 1500. The zero-order chi connectivity index (χ0) is 27.2. The van der Waals surface area contributed by atoms with Crippen LogP contribution in [0.1, 0.15) is 42.8 Å². The molecule has 2 aromatic heterocycles. The first-order valence-electron chi connectivity index (χ1n) is 12.6. The maximum Gasteiger partial charge on any atom is 0.287 e. The van der Waals surface area contributed by atoms with Gasteiger partial charge in [-0.3, -0.25) is 19.4 Å². The minimum atomic E-state index is -3.96. The molecule has 11 heteroatoms. The maximum absolute atomic E-state index is 13.8. The van der Waals surface area contributed by atoms with Crippen LogP contribution >= 0.6 is 0 Å². The van der Waals surface area contributed by atoms with Gasteiger partial charge in [0.05, 0.1) is 12.6 Å². The van der Waals surface area contributed by atoms with Crippen molar-refractivity contribution < 1.29 is 27.2 Å².